The van der Waals surface area contributed by atoms with Gasteiger partial charge in [0.2, 0.25) is 0 Å². The van der Waals surface area contributed by atoms with Crippen LogP contribution < -0.4 is 9.80 Å². The SMILES string of the molecule is Cc1ccc(C(C)(C)CCC(C)(C)N(C2=CC3=C(CC2)C(C)(C)CCC3(C)C)c2cc(C)cc(N(c3ccc4c(c3)C(C)(C)c3cc(C(C)(C)C)ccc3-4)c3cc(C(C)(C)CC(C)(C)C)ccc3C)c2C)cc1. The van der Waals surface area contributed by atoms with Crippen LogP contribution in [0.2, 0.25) is 0 Å². The Bertz CT molecular complexity index is 2980. The van der Waals surface area contributed by atoms with Crippen LogP contribution in [0.15, 0.2) is 114 Å². The van der Waals surface area contributed by atoms with Crippen molar-refractivity contribution in [2.24, 2.45) is 16.2 Å². The third-order valence-electron chi connectivity index (χ3n) is 18.2. The van der Waals surface area contributed by atoms with Crippen molar-refractivity contribution >= 4 is 22.7 Å². The Morgan fingerprint density at radius 2 is 1.08 bits per heavy atom. The summed E-state index contributed by atoms with van der Waals surface area (Å²) in [4.78, 5) is 5.50. The Hall–Kier alpha value is -4.82. The van der Waals surface area contributed by atoms with Crippen LogP contribution in [0.5, 0.6) is 0 Å². The molecular weight excluding hydrogens is 881 g/mol. The molecule has 2 heteroatoms. The average Bonchev–Trinajstić information content (AvgIpc) is 3.50. The van der Waals surface area contributed by atoms with E-state index >= 15 is 0 Å². The summed E-state index contributed by atoms with van der Waals surface area (Å²) in [6, 6.07) is 36.3. The molecular formula is C71H96N2. The van der Waals surface area contributed by atoms with Crippen LogP contribution in [0.25, 0.3) is 11.1 Å². The number of fused-ring (bicyclic) bond motifs is 3. The summed E-state index contributed by atoms with van der Waals surface area (Å²) in [7, 11) is 0. The summed E-state index contributed by atoms with van der Waals surface area (Å²) in [6.45, 7) is 53.2. The van der Waals surface area contributed by atoms with E-state index in [0.29, 0.717) is 0 Å². The zero-order valence-corrected chi connectivity index (χ0v) is 50.1. The highest BCUT2D eigenvalue weighted by Crippen LogP contribution is 2.56. The third-order valence-corrected chi connectivity index (χ3v) is 18.2. The smallest absolute Gasteiger partial charge is 0.0514 e. The van der Waals surface area contributed by atoms with Gasteiger partial charge in [0.15, 0.2) is 0 Å². The van der Waals surface area contributed by atoms with Gasteiger partial charge in [-0.05, 0) is 217 Å². The van der Waals surface area contributed by atoms with E-state index < -0.39 is 0 Å². The Morgan fingerprint density at radius 3 is 1.71 bits per heavy atom. The third kappa shape index (κ3) is 10.5. The molecule has 8 rings (SSSR count). The molecule has 0 aromatic heterocycles. The first-order valence-corrected chi connectivity index (χ1v) is 28.2. The van der Waals surface area contributed by atoms with Crippen LogP contribution in [0.3, 0.4) is 0 Å². The lowest BCUT2D eigenvalue weighted by molar-refractivity contribution is 0.256. The maximum absolute atomic E-state index is 2.84. The Balaban J connectivity index is 1.36. The molecule has 0 aliphatic heterocycles. The van der Waals surface area contributed by atoms with Crippen molar-refractivity contribution in [3.63, 3.8) is 0 Å². The standard InChI is InChI=1S/C71H96N2/c1-46-23-26-50(27-24-46)66(11,12)37-38-70(19,20)73(54-31-34-57-60(44-54)68(15,16)36-35-67(57,13)14)63-40-47(2)39-62(49(63)4)72(61-42-52(28-25-48(61)3)69(17,18)45-64(5,6)7)53-30-33-56-55-32-29-51(65(8,9)10)41-58(55)71(21,22)59(56)43-53/h23-30,32-33,39-44H,31,34-38,45H2,1-22H3. The summed E-state index contributed by atoms with van der Waals surface area (Å²) in [5.41, 5.74) is 24.9. The lowest BCUT2D eigenvalue weighted by Gasteiger charge is -2.49. The number of hydrogen-bond acceptors (Lipinski definition) is 2. The summed E-state index contributed by atoms with van der Waals surface area (Å²) >= 11 is 0. The summed E-state index contributed by atoms with van der Waals surface area (Å²) < 4.78 is 0. The number of anilines is 4. The molecule has 0 fully saturated rings. The second-order valence-electron chi connectivity index (χ2n) is 29.4. The zero-order chi connectivity index (χ0) is 53.8. The van der Waals surface area contributed by atoms with Crippen LogP contribution in [0.1, 0.15) is 220 Å². The lowest BCUT2D eigenvalue weighted by Crippen LogP contribution is -2.46. The second kappa shape index (κ2) is 18.5. The van der Waals surface area contributed by atoms with Crippen molar-refractivity contribution in [1.82, 2.24) is 0 Å². The zero-order valence-electron chi connectivity index (χ0n) is 50.1. The number of benzene rings is 5. The minimum absolute atomic E-state index is 0.0188. The molecule has 0 atom stereocenters. The first kappa shape index (κ1) is 54.4. The van der Waals surface area contributed by atoms with Crippen molar-refractivity contribution in [3.8, 4) is 11.1 Å². The van der Waals surface area contributed by atoms with Crippen LogP contribution in [0.4, 0.5) is 22.7 Å². The maximum atomic E-state index is 2.84. The Labute approximate surface area is 446 Å². The molecule has 0 unspecified atom stereocenters. The highest BCUT2D eigenvalue weighted by Gasteiger charge is 2.43. The van der Waals surface area contributed by atoms with E-state index in [2.05, 4.69) is 259 Å². The fraction of sp³-hybridized carbons (Fsp3) is 0.521. The van der Waals surface area contributed by atoms with Crippen molar-refractivity contribution in [2.75, 3.05) is 9.80 Å². The normalized spacial score (nSPS) is 17.5. The predicted molar refractivity (Wildman–Crippen MR) is 320 cm³/mol. The van der Waals surface area contributed by atoms with Gasteiger partial charge in [0, 0.05) is 33.7 Å². The van der Waals surface area contributed by atoms with E-state index in [4.69, 9.17) is 0 Å². The molecule has 5 aromatic rings. The molecule has 0 amide bonds. The van der Waals surface area contributed by atoms with Crippen LogP contribution in [0, 0.1) is 43.9 Å². The highest BCUT2D eigenvalue weighted by molar-refractivity contribution is 5.89. The van der Waals surface area contributed by atoms with Crippen LogP contribution >= 0.6 is 0 Å². The molecule has 3 aliphatic carbocycles. The number of rotatable bonds is 12. The van der Waals surface area contributed by atoms with Gasteiger partial charge in [0.25, 0.3) is 0 Å². The molecule has 73 heavy (non-hydrogen) atoms. The number of allylic oxidation sites excluding steroid dienone is 4. The summed E-state index contributed by atoms with van der Waals surface area (Å²) in [5, 5.41) is 0. The molecule has 390 valence electrons. The van der Waals surface area contributed by atoms with E-state index in [0.717, 1.165) is 32.1 Å². The van der Waals surface area contributed by atoms with Gasteiger partial charge < -0.3 is 9.80 Å². The van der Waals surface area contributed by atoms with E-state index in [-0.39, 0.29) is 43.4 Å². The second-order valence-corrected chi connectivity index (χ2v) is 29.4. The number of aryl methyl sites for hydroxylation is 3. The monoisotopic (exact) mass is 977 g/mol. The molecule has 0 heterocycles. The highest BCUT2D eigenvalue weighted by atomic mass is 15.2. The molecule has 2 nitrogen and oxygen atoms in total. The Morgan fingerprint density at radius 1 is 0.507 bits per heavy atom. The first-order valence-electron chi connectivity index (χ1n) is 28.2. The van der Waals surface area contributed by atoms with Crippen molar-refractivity contribution in [3.05, 3.63) is 164 Å². The predicted octanol–water partition coefficient (Wildman–Crippen LogP) is 20.9. The lowest BCUT2D eigenvalue weighted by atomic mass is 9.60. The minimum atomic E-state index is -0.205. The van der Waals surface area contributed by atoms with Gasteiger partial charge in [-0.25, -0.2) is 0 Å². The number of hydrogen-bond donors (Lipinski definition) is 0. The fourth-order valence-electron chi connectivity index (χ4n) is 13.6. The largest absolute Gasteiger partial charge is 0.339 e. The minimum Gasteiger partial charge on any atom is -0.339 e. The van der Waals surface area contributed by atoms with Gasteiger partial charge in [-0.15, -0.1) is 0 Å². The maximum Gasteiger partial charge on any atom is 0.0514 e. The fourth-order valence-corrected chi connectivity index (χ4v) is 13.6. The molecule has 0 spiro atoms. The average molecular weight is 978 g/mol. The van der Waals surface area contributed by atoms with Crippen LogP contribution in [-0.2, 0) is 21.7 Å². The molecule has 3 aliphatic rings. The van der Waals surface area contributed by atoms with E-state index in [9.17, 15) is 0 Å². The van der Waals surface area contributed by atoms with Crippen LogP contribution in [-0.4, -0.2) is 5.54 Å². The van der Waals surface area contributed by atoms with E-state index in [1.54, 1.807) is 11.1 Å². The van der Waals surface area contributed by atoms with Crippen molar-refractivity contribution in [2.45, 2.75) is 224 Å². The van der Waals surface area contributed by atoms with Gasteiger partial charge in [0.05, 0.1) is 5.69 Å². The molecule has 0 bridgehead atoms. The quantitative estimate of drug-likeness (QED) is 0.123. The van der Waals surface area contributed by atoms with Crippen molar-refractivity contribution < 1.29 is 0 Å². The summed E-state index contributed by atoms with van der Waals surface area (Å²) in [5.74, 6) is 0. The van der Waals surface area contributed by atoms with Gasteiger partial charge in [-0.3, -0.25) is 0 Å². The molecule has 5 aromatic carbocycles. The van der Waals surface area contributed by atoms with E-state index in [1.165, 1.54) is 102 Å². The van der Waals surface area contributed by atoms with Gasteiger partial charge in [-0.2, -0.15) is 0 Å². The molecule has 0 saturated carbocycles. The van der Waals surface area contributed by atoms with Crippen molar-refractivity contribution in [1.29, 1.82) is 0 Å². The van der Waals surface area contributed by atoms with Gasteiger partial charge >= 0.3 is 0 Å². The summed E-state index contributed by atoms with van der Waals surface area (Å²) in [6.07, 6.45) is 10.5. The molecule has 0 saturated heterocycles. The topological polar surface area (TPSA) is 6.48 Å². The first-order chi connectivity index (χ1) is 33.5. The molecule has 0 radical (unpaired) electrons. The molecule has 0 N–H and O–H groups in total. The van der Waals surface area contributed by atoms with Gasteiger partial charge in [-0.1, -0.05) is 183 Å². The number of nitrogens with zero attached hydrogens (tertiary/aromatic N) is 2. The Kier molecular flexibility index (Phi) is 13.8. The van der Waals surface area contributed by atoms with E-state index in [1.807, 2.05) is 0 Å². The van der Waals surface area contributed by atoms with Gasteiger partial charge in [0.1, 0.15) is 0 Å².